The first-order valence-corrected chi connectivity index (χ1v) is 8.36. The Morgan fingerprint density at radius 2 is 2.00 bits per heavy atom. The number of hydrogen-bond acceptors (Lipinski definition) is 7. The van der Waals surface area contributed by atoms with Crippen molar-refractivity contribution in [2.45, 2.75) is 32.0 Å². The molecular formula is C13H16F3N5O2S. The highest BCUT2D eigenvalue weighted by atomic mass is 32.1. The van der Waals surface area contributed by atoms with Crippen LogP contribution in [0.4, 0.5) is 18.3 Å². The number of rotatable bonds is 3. The van der Waals surface area contributed by atoms with Gasteiger partial charge >= 0.3 is 6.18 Å². The fourth-order valence-corrected chi connectivity index (χ4v) is 3.31. The lowest BCUT2D eigenvalue weighted by atomic mass is 10.1. The number of amides is 1. The summed E-state index contributed by atoms with van der Waals surface area (Å²) in [6.45, 7) is 3.58. The second-order valence-corrected chi connectivity index (χ2v) is 6.47. The van der Waals surface area contributed by atoms with Crippen molar-refractivity contribution in [1.82, 2.24) is 15.1 Å². The first-order chi connectivity index (χ1) is 11.4. The minimum Gasteiger partial charge on any atom is -0.382 e. The second kappa shape index (κ2) is 6.54. The van der Waals surface area contributed by atoms with Crippen LogP contribution in [0.3, 0.4) is 0 Å². The van der Waals surface area contributed by atoms with E-state index in [-0.39, 0.29) is 11.0 Å². The maximum atomic E-state index is 12.6. The van der Waals surface area contributed by atoms with Crippen molar-refractivity contribution < 1.29 is 22.8 Å². The number of oxime groups is 1. The summed E-state index contributed by atoms with van der Waals surface area (Å²) in [5, 5.41) is 9.93. The molecule has 2 aliphatic heterocycles. The Labute approximate surface area is 140 Å². The number of anilines is 1. The molecule has 0 N–H and O–H groups in total. The third kappa shape index (κ3) is 3.45. The number of piperazine rings is 1. The third-order valence-corrected chi connectivity index (χ3v) is 4.96. The van der Waals surface area contributed by atoms with Crippen molar-refractivity contribution in [3.63, 3.8) is 0 Å². The Bertz CT molecular complexity index is 640. The Morgan fingerprint density at radius 3 is 2.54 bits per heavy atom. The van der Waals surface area contributed by atoms with Gasteiger partial charge in [-0.2, -0.15) is 13.2 Å². The van der Waals surface area contributed by atoms with Crippen molar-refractivity contribution in [3.8, 4) is 0 Å². The molecule has 1 aromatic heterocycles. The minimum absolute atomic E-state index is 0.130. The maximum absolute atomic E-state index is 12.6. The van der Waals surface area contributed by atoms with Crippen LogP contribution in [-0.4, -0.2) is 59.0 Å². The molecule has 7 nitrogen and oxygen atoms in total. The van der Waals surface area contributed by atoms with E-state index in [4.69, 9.17) is 4.84 Å². The van der Waals surface area contributed by atoms with Crippen molar-refractivity contribution in [2.24, 2.45) is 5.16 Å². The van der Waals surface area contributed by atoms with Crippen LogP contribution in [0.2, 0.25) is 0 Å². The monoisotopic (exact) mass is 363 g/mol. The van der Waals surface area contributed by atoms with Gasteiger partial charge in [0.25, 0.3) is 5.91 Å². The Kier molecular flexibility index (Phi) is 4.61. The van der Waals surface area contributed by atoms with Gasteiger partial charge in [0.1, 0.15) is 0 Å². The molecule has 24 heavy (non-hydrogen) atoms. The van der Waals surface area contributed by atoms with Crippen molar-refractivity contribution in [1.29, 1.82) is 0 Å². The molecule has 0 radical (unpaired) electrons. The van der Waals surface area contributed by atoms with E-state index in [9.17, 15) is 18.0 Å². The molecule has 132 valence electrons. The quantitative estimate of drug-likeness (QED) is 0.818. The lowest BCUT2D eigenvalue weighted by Gasteiger charge is -2.35. The average Bonchev–Trinajstić information content (AvgIpc) is 3.23. The molecular weight excluding hydrogens is 347 g/mol. The van der Waals surface area contributed by atoms with Crippen LogP contribution in [0.5, 0.6) is 0 Å². The van der Waals surface area contributed by atoms with Gasteiger partial charge in [-0.05, 0) is 6.42 Å². The number of nitrogens with zero attached hydrogens (tertiary/aromatic N) is 5. The molecule has 1 amide bonds. The topological polar surface area (TPSA) is 70.9 Å². The number of hydrogen-bond donors (Lipinski definition) is 0. The smallest absolute Gasteiger partial charge is 0.382 e. The van der Waals surface area contributed by atoms with Gasteiger partial charge in [0.15, 0.2) is 0 Å². The first kappa shape index (κ1) is 16.9. The van der Waals surface area contributed by atoms with E-state index in [0.29, 0.717) is 43.9 Å². The number of carbonyl (C=O) groups excluding carboxylic acids is 1. The fourth-order valence-electron chi connectivity index (χ4n) is 2.55. The van der Waals surface area contributed by atoms with Crippen molar-refractivity contribution in [2.75, 3.05) is 31.1 Å². The van der Waals surface area contributed by atoms with Crippen LogP contribution in [-0.2, 0) is 15.8 Å². The molecule has 0 spiro atoms. The summed E-state index contributed by atoms with van der Waals surface area (Å²) < 4.78 is 37.7. The van der Waals surface area contributed by atoms with E-state index < -0.39 is 17.3 Å². The number of halogens is 3. The molecule has 0 unspecified atom stereocenters. The standard InChI is InChI=1S/C13H16F3N5O2S/c1-2-8-7-9(23-19-8)10(22)20-3-5-21(6-4-20)12-18-17-11(24-12)13(14,15)16/h9H,2-7H2,1H3/t9-/m0/s1. The van der Waals surface area contributed by atoms with E-state index in [1.54, 1.807) is 9.80 Å². The van der Waals surface area contributed by atoms with Gasteiger partial charge in [-0.25, -0.2) is 0 Å². The van der Waals surface area contributed by atoms with E-state index >= 15 is 0 Å². The van der Waals surface area contributed by atoms with Crippen LogP contribution in [0.1, 0.15) is 24.8 Å². The van der Waals surface area contributed by atoms with Gasteiger partial charge < -0.3 is 14.6 Å². The molecule has 0 aliphatic carbocycles. The first-order valence-electron chi connectivity index (χ1n) is 7.54. The zero-order valence-corrected chi connectivity index (χ0v) is 13.7. The Balaban J connectivity index is 1.54. The highest BCUT2D eigenvalue weighted by Crippen LogP contribution is 2.34. The Morgan fingerprint density at radius 1 is 1.29 bits per heavy atom. The largest absolute Gasteiger partial charge is 0.445 e. The molecule has 1 fully saturated rings. The van der Waals surface area contributed by atoms with E-state index in [0.717, 1.165) is 12.1 Å². The molecule has 0 saturated carbocycles. The molecule has 0 bridgehead atoms. The average molecular weight is 363 g/mol. The molecule has 11 heteroatoms. The van der Waals surface area contributed by atoms with Gasteiger partial charge in [0.2, 0.25) is 16.2 Å². The van der Waals surface area contributed by atoms with Crippen LogP contribution >= 0.6 is 11.3 Å². The number of carbonyl (C=O) groups is 1. The van der Waals surface area contributed by atoms with Crippen LogP contribution < -0.4 is 4.90 Å². The predicted molar refractivity (Wildman–Crippen MR) is 80.9 cm³/mol. The lowest BCUT2D eigenvalue weighted by Crippen LogP contribution is -2.51. The van der Waals surface area contributed by atoms with Crippen LogP contribution in [0.25, 0.3) is 0 Å². The maximum Gasteiger partial charge on any atom is 0.445 e. The summed E-state index contributed by atoms with van der Waals surface area (Å²) in [5.74, 6) is -0.130. The summed E-state index contributed by atoms with van der Waals surface area (Å²) in [5.41, 5.74) is 0.862. The Hall–Kier alpha value is -1.91. The van der Waals surface area contributed by atoms with E-state index in [1.807, 2.05) is 6.92 Å². The van der Waals surface area contributed by atoms with Gasteiger partial charge in [-0.1, -0.05) is 23.4 Å². The second-order valence-electron chi connectivity index (χ2n) is 5.51. The zero-order chi connectivity index (χ0) is 17.3. The molecule has 2 aliphatic rings. The predicted octanol–water partition coefficient (Wildman–Crippen LogP) is 1.76. The number of aromatic nitrogens is 2. The van der Waals surface area contributed by atoms with Gasteiger partial charge in [-0.3, -0.25) is 4.79 Å². The third-order valence-electron chi connectivity index (χ3n) is 3.93. The normalized spacial score (nSPS) is 21.7. The lowest BCUT2D eigenvalue weighted by molar-refractivity contribution is -0.142. The minimum atomic E-state index is -4.48. The SMILES string of the molecule is CCC1=NO[C@H](C(=O)N2CCN(c3nnc(C(F)(F)F)s3)CC2)C1. The molecule has 1 atom stereocenters. The van der Waals surface area contributed by atoms with E-state index in [2.05, 4.69) is 15.4 Å². The summed E-state index contributed by atoms with van der Waals surface area (Å²) in [6.07, 6.45) is -3.81. The molecule has 3 heterocycles. The molecule has 1 saturated heterocycles. The van der Waals surface area contributed by atoms with Gasteiger partial charge in [-0.15, -0.1) is 10.2 Å². The highest BCUT2D eigenvalue weighted by molar-refractivity contribution is 7.15. The van der Waals surface area contributed by atoms with Crippen LogP contribution in [0.15, 0.2) is 5.16 Å². The van der Waals surface area contributed by atoms with Gasteiger partial charge in [0.05, 0.1) is 5.71 Å². The van der Waals surface area contributed by atoms with Crippen LogP contribution in [0, 0.1) is 0 Å². The molecule has 0 aromatic carbocycles. The number of alkyl halides is 3. The summed E-state index contributed by atoms with van der Waals surface area (Å²) in [4.78, 5) is 20.9. The fraction of sp³-hybridized carbons (Fsp3) is 0.692. The van der Waals surface area contributed by atoms with Crippen molar-refractivity contribution in [3.05, 3.63) is 5.01 Å². The summed E-state index contributed by atoms with van der Waals surface area (Å²) in [7, 11) is 0. The summed E-state index contributed by atoms with van der Waals surface area (Å²) in [6, 6.07) is 0. The summed E-state index contributed by atoms with van der Waals surface area (Å²) >= 11 is 0.517. The molecule has 1 aromatic rings. The zero-order valence-electron chi connectivity index (χ0n) is 12.9. The molecule has 3 rings (SSSR count). The van der Waals surface area contributed by atoms with Gasteiger partial charge in [0, 0.05) is 32.6 Å². The van der Waals surface area contributed by atoms with E-state index in [1.165, 1.54) is 0 Å². The van der Waals surface area contributed by atoms with Crippen molar-refractivity contribution >= 4 is 28.1 Å². The highest BCUT2D eigenvalue weighted by Gasteiger charge is 2.37.